The number of rotatable bonds is 14. The molecule has 0 spiro atoms. The highest BCUT2D eigenvalue weighted by Gasteiger charge is 2.33. The summed E-state index contributed by atoms with van der Waals surface area (Å²) in [5.41, 5.74) is 0.412. The molecule has 3 aromatic rings. The van der Waals surface area contributed by atoms with Gasteiger partial charge >= 0.3 is 25.2 Å². The summed E-state index contributed by atoms with van der Waals surface area (Å²) in [5, 5.41) is 17.3. The Kier molecular flexibility index (Phi) is 11.5. The van der Waals surface area contributed by atoms with Crippen molar-refractivity contribution >= 4 is 37.1 Å². The maximum atomic E-state index is 14.1. The molecule has 1 fully saturated rings. The van der Waals surface area contributed by atoms with Gasteiger partial charge in [-0.3, -0.25) is 23.8 Å². The van der Waals surface area contributed by atoms with Gasteiger partial charge in [-0.25, -0.2) is 15.0 Å². The fraction of sp³-hybridized carbons (Fsp3) is 0.357. The fourth-order valence-electron chi connectivity index (χ4n) is 4.00. The molecule has 0 unspecified atom stereocenters. The molecule has 1 aliphatic heterocycles. The largest absolute Gasteiger partial charge is 0.460 e. The van der Waals surface area contributed by atoms with E-state index in [2.05, 4.69) is 20.2 Å². The van der Waals surface area contributed by atoms with E-state index in [0.29, 0.717) is 5.75 Å². The van der Waals surface area contributed by atoms with Crippen LogP contribution in [-0.4, -0.2) is 56.5 Å². The first kappa shape index (κ1) is 32.4. The molecule has 1 aromatic heterocycles. The molecule has 4 N–H and O–H groups in total. The van der Waals surface area contributed by atoms with Gasteiger partial charge < -0.3 is 19.3 Å². The van der Waals surface area contributed by atoms with Crippen molar-refractivity contribution in [2.75, 3.05) is 17.4 Å². The molecule has 230 valence electrons. The van der Waals surface area contributed by atoms with Gasteiger partial charge in [0.25, 0.3) is 0 Å². The maximum absolute atomic E-state index is 14.1. The number of nitrogens with zero attached hydrogens (tertiary/aromatic N) is 2. The summed E-state index contributed by atoms with van der Waals surface area (Å²) in [6, 6.07) is 17.4. The molecule has 43 heavy (non-hydrogen) atoms. The Bertz CT molecular complexity index is 1410. The van der Waals surface area contributed by atoms with Crippen LogP contribution in [0, 0.1) is 0 Å². The highest BCUT2D eigenvalue weighted by atomic mass is 32.2. The predicted molar refractivity (Wildman–Crippen MR) is 161 cm³/mol. The van der Waals surface area contributed by atoms with E-state index in [9.17, 15) is 24.1 Å². The van der Waals surface area contributed by atoms with Gasteiger partial charge in [0.1, 0.15) is 42.8 Å². The standard InChI is InChI=1S/C28H34N5O8PS/c1-19(26(35)39-16-21-9-5-3-6-10-21)30-42(38,31-20(2)27(36)40-17-22-11-7-4-8-12-22)32-23-13-14-33(28(37)29-23)24-18-43-25(15-34)41-24/h3-14,19-20,24-25,34H,15-18H2,1-2H3,(H3,29,30,31,32,37,38)/t19-,20-,24+,25-/m0/s1. The van der Waals surface area contributed by atoms with E-state index in [4.69, 9.17) is 14.2 Å². The molecule has 1 saturated heterocycles. The van der Waals surface area contributed by atoms with E-state index >= 15 is 0 Å². The number of anilines is 1. The number of hydrogen-bond donors (Lipinski definition) is 4. The lowest BCUT2D eigenvalue weighted by Gasteiger charge is -2.27. The molecular weight excluding hydrogens is 597 g/mol. The monoisotopic (exact) mass is 631 g/mol. The molecule has 0 saturated carbocycles. The average molecular weight is 632 g/mol. The number of benzene rings is 2. The summed E-state index contributed by atoms with van der Waals surface area (Å²) < 4.78 is 31.7. The van der Waals surface area contributed by atoms with Crippen LogP contribution in [-0.2, 0) is 41.6 Å². The summed E-state index contributed by atoms with van der Waals surface area (Å²) >= 11 is 1.36. The van der Waals surface area contributed by atoms with Crippen molar-refractivity contribution in [1.82, 2.24) is 19.7 Å². The number of hydrogen-bond acceptors (Lipinski definition) is 10. The Balaban J connectivity index is 1.47. The number of aliphatic hydroxyl groups excluding tert-OH is 1. The summed E-state index contributed by atoms with van der Waals surface area (Å²) in [5.74, 6) is -1.02. The molecule has 4 rings (SSSR count). The first-order valence-corrected chi connectivity index (χ1v) is 16.2. The highest BCUT2D eigenvalue weighted by molar-refractivity contribution is 8.00. The van der Waals surface area contributed by atoms with Gasteiger partial charge in [0.15, 0.2) is 0 Å². The van der Waals surface area contributed by atoms with E-state index in [1.54, 1.807) is 24.3 Å². The zero-order chi connectivity index (χ0) is 30.8. The summed E-state index contributed by atoms with van der Waals surface area (Å²) in [4.78, 5) is 42.3. The van der Waals surface area contributed by atoms with Gasteiger partial charge in [0, 0.05) is 11.9 Å². The minimum atomic E-state index is -4.06. The number of thioether (sulfide) groups is 1. The van der Waals surface area contributed by atoms with Crippen LogP contribution < -0.4 is 21.0 Å². The van der Waals surface area contributed by atoms with E-state index in [-0.39, 0.29) is 25.6 Å². The van der Waals surface area contributed by atoms with Crippen molar-refractivity contribution in [3.8, 4) is 0 Å². The minimum Gasteiger partial charge on any atom is -0.460 e. The van der Waals surface area contributed by atoms with Crippen LogP contribution in [0.5, 0.6) is 0 Å². The Morgan fingerprint density at radius 1 is 1.00 bits per heavy atom. The lowest BCUT2D eigenvalue weighted by molar-refractivity contribution is -0.147. The zero-order valence-corrected chi connectivity index (χ0v) is 25.3. The lowest BCUT2D eigenvalue weighted by atomic mass is 10.2. The molecule has 0 radical (unpaired) electrons. The number of nitrogens with one attached hydrogen (secondary N) is 3. The minimum absolute atomic E-state index is 0.0114. The summed E-state index contributed by atoms with van der Waals surface area (Å²) in [6.07, 6.45) is 0.792. The second kappa shape index (κ2) is 15.3. The molecule has 15 heteroatoms. The zero-order valence-electron chi connectivity index (χ0n) is 23.6. The summed E-state index contributed by atoms with van der Waals surface area (Å²) in [6.45, 7) is 2.75. The molecule has 4 atom stereocenters. The van der Waals surface area contributed by atoms with Crippen LogP contribution in [0.3, 0.4) is 0 Å². The van der Waals surface area contributed by atoms with Crippen molar-refractivity contribution < 1.29 is 33.5 Å². The molecule has 2 heterocycles. The van der Waals surface area contributed by atoms with Crippen molar-refractivity contribution in [1.29, 1.82) is 0 Å². The van der Waals surface area contributed by atoms with Gasteiger partial charge in [-0.2, -0.15) is 4.98 Å². The molecular formula is C28H34N5O8PS. The smallest absolute Gasteiger partial charge is 0.351 e. The number of carbonyl (C=O) groups excluding carboxylic acids is 2. The molecule has 0 aliphatic carbocycles. The third kappa shape index (κ3) is 9.48. The predicted octanol–water partition coefficient (Wildman–Crippen LogP) is 2.79. The van der Waals surface area contributed by atoms with E-state index in [1.807, 2.05) is 36.4 Å². The third-order valence-electron chi connectivity index (χ3n) is 6.20. The van der Waals surface area contributed by atoms with Gasteiger partial charge in [-0.05, 0) is 31.0 Å². The molecule has 1 aliphatic rings. The van der Waals surface area contributed by atoms with Crippen LogP contribution in [0.4, 0.5) is 5.82 Å². The second-order valence-corrected chi connectivity index (χ2v) is 12.8. The van der Waals surface area contributed by atoms with Crippen LogP contribution in [0.25, 0.3) is 0 Å². The third-order valence-corrected chi connectivity index (χ3v) is 9.36. The van der Waals surface area contributed by atoms with Gasteiger partial charge in [-0.1, -0.05) is 60.7 Å². The van der Waals surface area contributed by atoms with Crippen molar-refractivity contribution in [2.24, 2.45) is 0 Å². The molecule has 0 amide bonds. The Morgan fingerprint density at radius 2 is 1.53 bits per heavy atom. The van der Waals surface area contributed by atoms with Crippen molar-refractivity contribution in [2.45, 2.75) is 50.8 Å². The Labute approximate surface area is 252 Å². The number of aliphatic hydroxyl groups is 1. The van der Waals surface area contributed by atoms with Crippen LogP contribution in [0.1, 0.15) is 31.2 Å². The number of esters is 2. The number of carbonyl (C=O) groups is 2. The fourth-order valence-corrected chi connectivity index (χ4v) is 6.88. The Morgan fingerprint density at radius 3 is 2.00 bits per heavy atom. The second-order valence-electron chi connectivity index (χ2n) is 9.65. The first-order valence-electron chi connectivity index (χ1n) is 13.5. The van der Waals surface area contributed by atoms with Gasteiger partial charge in [0.05, 0.1) is 6.61 Å². The Hall–Kier alpha value is -3.52. The van der Waals surface area contributed by atoms with E-state index in [0.717, 1.165) is 11.1 Å². The normalized spacial score (nSPS) is 18.0. The highest BCUT2D eigenvalue weighted by Crippen LogP contribution is 2.38. The number of aromatic nitrogens is 2. The lowest BCUT2D eigenvalue weighted by Crippen LogP contribution is -2.44. The van der Waals surface area contributed by atoms with Crippen molar-refractivity contribution in [3.63, 3.8) is 0 Å². The maximum Gasteiger partial charge on any atom is 0.351 e. The van der Waals surface area contributed by atoms with E-state index in [1.165, 1.54) is 42.4 Å². The topological polar surface area (TPSA) is 170 Å². The molecule has 13 nitrogen and oxygen atoms in total. The summed E-state index contributed by atoms with van der Waals surface area (Å²) in [7, 11) is -4.06. The molecule has 0 bridgehead atoms. The average Bonchev–Trinajstić information content (AvgIpc) is 3.48. The van der Waals surface area contributed by atoms with Gasteiger partial charge in [-0.15, -0.1) is 11.8 Å². The van der Waals surface area contributed by atoms with Crippen LogP contribution >= 0.6 is 19.4 Å². The first-order chi connectivity index (χ1) is 20.7. The van der Waals surface area contributed by atoms with Crippen molar-refractivity contribution in [3.05, 3.63) is 94.5 Å². The van der Waals surface area contributed by atoms with E-state index < -0.39 is 49.0 Å². The molecule has 2 aromatic carbocycles. The quantitative estimate of drug-likeness (QED) is 0.151. The number of ether oxygens (including phenoxy) is 3. The van der Waals surface area contributed by atoms with Crippen LogP contribution in [0.15, 0.2) is 77.7 Å². The van der Waals surface area contributed by atoms with Crippen LogP contribution in [0.2, 0.25) is 0 Å². The SMILES string of the molecule is C[C@H](NP(=O)(Nc1ccn([C@H]2CS[C@@H](CO)O2)c(=O)n1)N[C@@H](C)C(=O)OCc1ccccc1)C(=O)OCc1ccccc1. The van der Waals surface area contributed by atoms with Gasteiger partial charge in [0.2, 0.25) is 0 Å².